The molecular weight excluding hydrogens is 408 g/mol. The molecule has 3 rings (SSSR count). The normalized spacial score (nSPS) is 11.6. The third-order valence-electron chi connectivity index (χ3n) is 5.85. The van der Waals surface area contributed by atoms with Crippen LogP contribution in [0.2, 0.25) is 0 Å². The van der Waals surface area contributed by atoms with Crippen molar-refractivity contribution in [2.45, 2.75) is 82.1 Å². The number of rotatable bonds is 5. The molecule has 0 unspecified atom stereocenters. The largest absolute Gasteiger partial charge is 0.0947 e. The van der Waals surface area contributed by atoms with Gasteiger partial charge < -0.3 is 0 Å². The Morgan fingerprint density at radius 1 is 0.647 bits per heavy atom. The molecule has 0 bridgehead atoms. The number of allylic oxidation sites excluding steroid dienone is 1. The van der Waals surface area contributed by atoms with E-state index in [4.69, 9.17) is 0 Å². The number of aryl methyl sites for hydroxylation is 5. The van der Waals surface area contributed by atoms with E-state index in [1.165, 1.54) is 50.1 Å². The van der Waals surface area contributed by atoms with Crippen LogP contribution in [0.1, 0.15) is 81.8 Å². The highest BCUT2D eigenvalue weighted by Gasteiger charge is 2.16. The van der Waals surface area contributed by atoms with Gasteiger partial charge in [-0.2, -0.15) is 0 Å². The first kappa shape index (κ1) is 27.6. The first-order valence-corrected chi connectivity index (χ1v) is 12.6. The SMILES string of the molecule is C=C(c1cccc(CCc2ccc(-c3ccc(C)cc3C)c(C)c2)c1)C(C)(C)C.CC(C)(C)C. The van der Waals surface area contributed by atoms with Gasteiger partial charge in [0.1, 0.15) is 0 Å². The predicted molar refractivity (Wildman–Crippen MR) is 154 cm³/mol. The van der Waals surface area contributed by atoms with Crippen molar-refractivity contribution in [1.29, 1.82) is 0 Å². The van der Waals surface area contributed by atoms with Crippen LogP contribution in [-0.2, 0) is 12.8 Å². The maximum Gasteiger partial charge on any atom is -0.0132 e. The molecule has 3 aromatic rings. The molecule has 0 atom stereocenters. The van der Waals surface area contributed by atoms with Gasteiger partial charge in [0.25, 0.3) is 0 Å². The van der Waals surface area contributed by atoms with Crippen LogP contribution in [0.25, 0.3) is 16.7 Å². The van der Waals surface area contributed by atoms with Gasteiger partial charge in [0.05, 0.1) is 0 Å². The Kier molecular flexibility index (Phi) is 9.12. The maximum atomic E-state index is 4.32. The van der Waals surface area contributed by atoms with Gasteiger partial charge in [0.2, 0.25) is 0 Å². The van der Waals surface area contributed by atoms with E-state index in [-0.39, 0.29) is 5.41 Å². The highest BCUT2D eigenvalue weighted by atomic mass is 14.2. The molecule has 0 saturated carbocycles. The standard InChI is InChI=1S/C29H34.C5H12/c1-20-11-15-27(21(2)17-20)28-16-14-25(18-22(28)3)13-12-24-9-8-10-26(19-24)23(4)29(5,6)7;1-5(2,3)4/h8-11,14-19H,4,12-13H2,1-3,5-7H3;1-4H3. The van der Waals surface area contributed by atoms with E-state index in [0.29, 0.717) is 5.41 Å². The zero-order chi connectivity index (χ0) is 25.7. The minimum absolute atomic E-state index is 0.0969. The Balaban J connectivity index is 0.000000739. The van der Waals surface area contributed by atoms with Crippen molar-refractivity contribution in [1.82, 2.24) is 0 Å². The van der Waals surface area contributed by atoms with Crippen LogP contribution in [0.4, 0.5) is 0 Å². The molecule has 0 aliphatic rings. The molecule has 0 saturated heterocycles. The van der Waals surface area contributed by atoms with E-state index < -0.39 is 0 Å². The third-order valence-corrected chi connectivity index (χ3v) is 5.85. The monoisotopic (exact) mass is 454 g/mol. The highest BCUT2D eigenvalue weighted by Crippen LogP contribution is 2.33. The lowest BCUT2D eigenvalue weighted by molar-refractivity contribution is 0.469. The molecule has 0 aliphatic heterocycles. The van der Waals surface area contributed by atoms with Gasteiger partial charge in [0.15, 0.2) is 0 Å². The second kappa shape index (κ2) is 11.2. The molecule has 0 aromatic heterocycles. The van der Waals surface area contributed by atoms with E-state index >= 15 is 0 Å². The average molecular weight is 455 g/mol. The second-order valence-corrected chi connectivity index (χ2v) is 12.4. The van der Waals surface area contributed by atoms with Crippen LogP contribution in [-0.4, -0.2) is 0 Å². The topological polar surface area (TPSA) is 0 Å². The number of hydrogen-bond donors (Lipinski definition) is 0. The van der Waals surface area contributed by atoms with Crippen LogP contribution >= 0.6 is 0 Å². The van der Waals surface area contributed by atoms with Gasteiger partial charge in [-0.05, 0) is 89.0 Å². The summed E-state index contributed by atoms with van der Waals surface area (Å²) in [5.74, 6) is 0. The van der Waals surface area contributed by atoms with E-state index in [1.807, 2.05) is 0 Å². The minimum atomic E-state index is 0.0969. The molecule has 182 valence electrons. The summed E-state index contributed by atoms with van der Waals surface area (Å²) in [5, 5.41) is 0. The van der Waals surface area contributed by atoms with Crippen molar-refractivity contribution >= 4 is 5.57 Å². The first-order chi connectivity index (χ1) is 15.6. The molecule has 0 nitrogen and oxygen atoms in total. The predicted octanol–water partition coefficient (Wildman–Crippen LogP) is 10.2. The summed E-state index contributed by atoms with van der Waals surface area (Å²) in [5.41, 5.74) is 12.5. The van der Waals surface area contributed by atoms with Gasteiger partial charge in [0, 0.05) is 0 Å². The fraction of sp³-hybridized carbons (Fsp3) is 0.412. The Morgan fingerprint density at radius 2 is 1.15 bits per heavy atom. The molecule has 0 radical (unpaired) electrons. The Labute approximate surface area is 210 Å². The fourth-order valence-corrected chi connectivity index (χ4v) is 3.94. The zero-order valence-corrected chi connectivity index (χ0v) is 23.4. The third kappa shape index (κ3) is 8.64. The summed E-state index contributed by atoms with van der Waals surface area (Å²) < 4.78 is 0. The summed E-state index contributed by atoms with van der Waals surface area (Å²) in [6.45, 7) is 26.3. The van der Waals surface area contributed by atoms with Crippen molar-refractivity contribution in [3.63, 3.8) is 0 Å². The lowest BCUT2D eigenvalue weighted by Gasteiger charge is -2.22. The lowest BCUT2D eigenvalue weighted by atomic mass is 9.82. The van der Waals surface area contributed by atoms with Gasteiger partial charge >= 0.3 is 0 Å². The van der Waals surface area contributed by atoms with E-state index in [0.717, 1.165) is 12.8 Å². The Morgan fingerprint density at radius 3 is 1.65 bits per heavy atom. The summed E-state index contributed by atoms with van der Waals surface area (Å²) >= 11 is 0. The maximum absolute atomic E-state index is 4.32. The van der Waals surface area contributed by atoms with Gasteiger partial charge in [-0.1, -0.05) is 121 Å². The fourth-order valence-electron chi connectivity index (χ4n) is 3.94. The zero-order valence-electron chi connectivity index (χ0n) is 23.4. The second-order valence-electron chi connectivity index (χ2n) is 12.4. The van der Waals surface area contributed by atoms with Crippen LogP contribution in [0.3, 0.4) is 0 Å². The Hall–Kier alpha value is -2.60. The summed E-state index contributed by atoms with van der Waals surface area (Å²) in [6.07, 6.45) is 2.10. The van der Waals surface area contributed by atoms with Gasteiger partial charge in [-0.25, -0.2) is 0 Å². The molecule has 34 heavy (non-hydrogen) atoms. The summed E-state index contributed by atoms with van der Waals surface area (Å²) in [6, 6.07) is 22.5. The van der Waals surface area contributed by atoms with E-state index in [1.54, 1.807) is 0 Å². The molecule has 3 aromatic carbocycles. The van der Waals surface area contributed by atoms with Gasteiger partial charge in [-0.15, -0.1) is 0 Å². The molecule has 0 spiro atoms. The van der Waals surface area contributed by atoms with Crippen molar-refractivity contribution in [3.05, 3.63) is 101 Å². The quantitative estimate of drug-likeness (QED) is 0.359. The molecule has 0 heterocycles. The minimum Gasteiger partial charge on any atom is -0.0947 e. The average Bonchev–Trinajstić information content (AvgIpc) is 2.71. The van der Waals surface area contributed by atoms with Gasteiger partial charge in [-0.3, -0.25) is 0 Å². The van der Waals surface area contributed by atoms with Crippen molar-refractivity contribution in [3.8, 4) is 11.1 Å². The number of hydrogen-bond acceptors (Lipinski definition) is 0. The molecule has 0 aliphatic carbocycles. The van der Waals surface area contributed by atoms with E-state index in [2.05, 4.69) is 136 Å². The molecule has 0 N–H and O–H groups in total. The van der Waals surface area contributed by atoms with Crippen LogP contribution in [0.5, 0.6) is 0 Å². The lowest BCUT2D eigenvalue weighted by Crippen LogP contribution is -2.07. The van der Waals surface area contributed by atoms with E-state index in [9.17, 15) is 0 Å². The molecule has 0 amide bonds. The van der Waals surface area contributed by atoms with Crippen molar-refractivity contribution in [2.75, 3.05) is 0 Å². The van der Waals surface area contributed by atoms with Crippen LogP contribution in [0.15, 0.2) is 67.2 Å². The van der Waals surface area contributed by atoms with Crippen molar-refractivity contribution < 1.29 is 0 Å². The highest BCUT2D eigenvalue weighted by molar-refractivity contribution is 5.71. The smallest absolute Gasteiger partial charge is 0.0132 e. The summed E-state index contributed by atoms with van der Waals surface area (Å²) in [4.78, 5) is 0. The van der Waals surface area contributed by atoms with Crippen LogP contribution < -0.4 is 0 Å². The number of benzene rings is 3. The Bertz CT molecular complexity index is 1110. The summed E-state index contributed by atoms with van der Waals surface area (Å²) in [7, 11) is 0. The molecule has 0 fully saturated rings. The molecule has 0 heteroatoms. The first-order valence-electron chi connectivity index (χ1n) is 12.6. The van der Waals surface area contributed by atoms with Crippen molar-refractivity contribution in [2.24, 2.45) is 10.8 Å². The molecular formula is C34H46. The van der Waals surface area contributed by atoms with Crippen LogP contribution in [0, 0.1) is 31.6 Å².